The van der Waals surface area contributed by atoms with E-state index in [-0.39, 0.29) is 5.78 Å². The van der Waals surface area contributed by atoms with Crippen LogP contribution < -0.4 is 14.8 Å². The lowest BCUT2D eigenvalue weighted by Crippen LogP contribution is -2.15. The summed E-state index contributed by atoms with van der Waals surface area (Å²) in [4.78, 5) is 12.2. The number of rotatable bonds is 5. The number of nitrogens with zero attached hydrogens (tertiary/aromatic N) is 2. The maximum Gasteiger partial charge on any atom is 0.190 e. The number of aromatic nitrogens is 2. The van der Waals surface area contributed by atoms with Crippen molar-refractivity contribution >= 4 is 11.5 Å². The number of nitrogens with one attached hydrogen (secondary N) is 1. The fourth-order valence-electron chi connectivity index (χ4n) is 2.44. The second-order valence-corrected chi connectivity index (χ2v) is 5.16. The molecule has 6 heteroatoms. The molecule has 1 N–H and O–H groups in total. The molecule has 0 unspecified atom stereocenters. The lowest BCUT2D eigenvalue weighted by molar-refractivity contribution is 0.104. The normalized spacial score (nSPS) is 13.3. The number of anilines is 1. The Bertz CT molecular complexity index is 750. The standard InChI is InChI=1S/C17H19N3O3/c1-3-20-12(2)14(11-19-20)15(21)6-7-18-13-4-5-16-17(10-13)23-9-8-22-16/h4-7,10-11,18H,3,8-9H2,1-2H3. The molecule has 120 valence electrons. The first kappa shape index (κ1) is 15.1. The van der Waals surface area contributed by atoms with E-state index < -0.39 is 0 Å². The molecule has 1 aromatic heterocycles. The van der Waals surface area contributed by atoms with Gasteiger partial charge in [-0.2, -0.15) is 5.10 Å². The topological polar surface area (TPSA) is 65.4 Å². The number of allylic oxidation sites excluding steroid dienone is 1. The quantitative estimate of drug-likeness (QED) is 0.679. The molecule has 1 aliphatic rings. The summed E-state index contributed by atoms with van der Waals surface area (Å²) < 4.78 is 12.8. The molecule has 0 radical (unpaired) electrons. The predicted octanol–water partition coefficient (Wildman–Crippen LogP) is 2.79. The molecule has 0 spiro atoms. The van der Waals surface area contributed by atoms with Gasteiger partial charge in [-0.05, 0) is 26.0 Å². The van der Waals surface area contributed by atoms with Gasteiger partial charge in [0.1, 0.15) is 13.2 Å². The van der Waals surface area contributed by atoms with Crippen LogP contribution in [0.4, 0.5) is 5.69 Å². The number of benzene rings is 1. The van der Waals surface area contributed by atoms with Crippen LogP contribution in [0.3, 0.4) is 0 Å². The fourth-order valence-corrected chi connectivity index (χ4v) is 2.44. The summed E-state index contributed by atoms with van der Waals surface area (Å²) in [7, 11) is 0. The SMILES string of the molecule is CCn1ncc(C(=O)C=CNc2ccc3c(c2)OCCO3)c1C. The molecule has 0 amide bonds. The van der Waals surface area contributed by atoms with Gasteiger partial charge in [0.25, 0.3) is 0 Å². The van der Waals surface area contributed by atoms with Crippen LogP contribution in [-0.2, 0) is 6.54 Å². The highest BCUT2D eigenvalue weighted by Gasteiger charge is 2.12. The molecule has 1 aliphatic heterocycles. The molecule has 0 atom stereocenters. The van der Waals surface area contributed by atoms with E-state index >= 15 is 0 Å². The molecule has 0 saturated heterocycles. The van der Waals surface area contributed by atoms with Crippen LogP contribution in [-0.4, -0.2) is 28.8 Å². The van der Waals surface area contributed by atoms with Crippen molar-refractivity contribution in [3.63, 3.8) is 0 Å². The summed E-state index contributed by atoms with van der Waals surface area (Å²) in [5, 5.41) is 7.25. The summed E-state index contributed by atoms with van der Waals surface area (Å²) in [5.74, 6) is 1.37. The van der Waals surface area contributed by atoms with E-state index in [4.69, 9.17) is 9.47 Å². The summed E-state index contributed by atoms with van der Waals surface area (Å²) in [6, 6.07) is 5.58. The Kier molecular flexibility index (Phi) is 4.32. The van der Waals surface area contributed by atoms with E-state index in [9.17, 15) is 4.79 Å². The third-order valence-corrected chi connectivity index (χ3v) is 3.70. The van der Waals surface area contributed by atoms with Gasteiger partial charge in [0.05, 0.1) is 11.8 Å². The first-order chi connectivity index (χ1) is 11.2. The monoisotopic (exact) mass is 313 g/mol. The van der Waals surface area contributed by atoms with Crippen LogP contribution in [0, 0.1) is 6.92 Å². The Morgan fingerprint density at radius 1 is 1.35 bits per heavy atom. The lowest BCUT2D eigenvalue weighted by Gasteiger charge is -2.18. The van der Waals surface area contributed by atoms with E-state index in [0.29, 0.717) is 24.5 Å². The van der Waals surface area contributed by atoms with Crippen LogP contribution >= 0.6 is 0 Å². The first-order valence-corrected chi connectivity index (χ1v) is 7.58. The maximum absolute atomic E-state index is 12.2. The lowest BCUT2D eigenvalue weighted by atomic mass is 10.1. The second-order valence-electron chi connectivity index (χ2n) is 5.16. The van der Waals surface area contributed by atoms with E-state index in [2.05, 4.69) is 10.4 Å². The summed E-state index contributed by atoms with van der Waals surface area (Å²) >= 11 is 0. The molecule has 2 aromatic rings. The minimum Gasteiger partial charge on any atom is -0.486 e. The van der Waals surface area contributed by atoms with Gasteiger partial charge < -0.3 is 14.8 Å². The summed E-state index contributed by atoms with van der Waals surface area (Å²) in [6.45, 7) is 5.75. The second kappa shape index (κ2) is 6.56. The van der Waals surface area contributed by atoms with E-state index in [0.717, 1.165) is 23.7 Å². The van der Waals surface area contributed by atoms with Crippen LogP contribution in [0.15, 0.2) is 36.7 Å². The molecule has 23 heavy (non-hydrogen) atoms. The van der Waals surface area contributed by atoms with Gasteiger partial charge in [-0.25, -0.2) is 0 Å². The zero-order valence-electron chi connectivity index (χ0n) is 13.2. The first-order valence-electron chi connectivity index (χ1n) is 7.58. The molecule has 0 bridgehead atoms. The Hall–Kier alpha value is -2.76. The van der Waals surface area contributed by atoms with Crippen molar-refractivity contribution in [2.75, 3.05) is 18.5 Å². The third kappa shape index (κ3) is 3.21. The zero-order valence-corrected chi connectivity index (χ0v) is 13.2. The van der Waals surface area contributed by atoms with E-state index in [1.807, 2.05) is 32.0 Å². The smallest absolute Gasteiger partial charge is 0.190 e. The van der Waals surface area contributed by atoms with Crippen molar-refractivity contribution in [3.05, 3.63) is 47.9 Å². The average molecular weight is 313 g/mol. The molecule has 1 aromatic carbocycles. The highest BCUT2D eigenvalue weighted by Crippen LogP contribution is 2.32. The largest absolute Gasteiger partial charge is 0.486 e. The number of ketones is 1. The Labute approximate surface area is 134 Å². The van der Waals surface area contributed by atoms with Crippen molar-refractivity contribution in [1.29, 1.82) is 0 Å². The molecule has 0 fully saturated rings. The van der Waals surface area contributed by atoms with Gasteiger partial charge >= 0.3 is 0 Å². The van der Waals surface area contributed by atoms with E-state index in [1.165, 1.54) is 6.08 Å². The molecule has 6 nitrogen and oxygen atoms in total. The predicted molar refractivity (Wildman–Crippen MR) is 87.2 cm³/mol. The number of hydrogen-bond donors (Lipinski definition) is 1. The van der Waals surface area contributed by atoms with Crippen LogP contribution in [0.25, 0.3) is 0 Å². The van der Waals surface area contributed by atoms with Crippen molar-refractivity contribution in [1.82, 2.24) is 9.78 Å². The van der Waals surface area contributed by atoms with Crippen LogP contribution in [0.1, 0.15) is 23.0 Å². The Morgan fingerprint density at radius 3 is 2.87 bits per heavy atom. The number of carbonyl (C=O) groups excluding carboxylic acids is 1. The fraction of sp³-hybridized carbons (Fsp3) is 0.294. The molecule has 2 heterocycles. The van der Waals surface area contributed by atoms with Crippen molar-refractivity contribution in [2.24, 2.45) is 0 Å². The van der Waals surface area contributed by atoms with Crippen molar-refractivity contribution < 1.29 is 14.3 Å². The van der Waals surface area contributed by atoms with Crippen LogP contribution in [0.5, 0.6) is 11.5 Å². The van der Waals surface area contributed by atoms with Gasteiger partial charge in [0.2, 0.25) is 0 Å². The number of aryl methyl sites for hydroxylation is 1. The minimum absolute atomic E-state index is 0.0766. The van der Waals surface area contributed by atoms with Crippen LogP contribution in [0.2, 0.25) is 0 Å². The summed E-state index contributed by atoms with van der Waals surface area (Å²) in [5.41, 5.74) is 2.33. The maximum atomic E-state index is 12.2. The number of hydrogen-bond acceptors (Lipinski definition) is 5. The van der Waals surface area contributed by atoms with Gasteiger partial charge in [0.15, 0.2) is 17.3 Å². The molecular formula is C17H19N3O3. The van der Waals surface area contributed by atoms with Gasteiger partial charge in [-0.1, -0.05) is 0 Å². The Morgan fingerprint density at radius 2 is 2.13 bits per heavy atom. The average Bonchev–Trinajstić information content (AvgIpc) is 2.95. The molecule has 0 aliphatic carbocycles. The molecule has 0 saturated carbocycles. The third-order valence-electron chi connectivity index (χ3n) is 3.70. The van der Waals surface area contributed by atoms with Gasteiger partial charge in [0, 0.05) is 36.3 Å². The van der Waals surface area contributed by atoms with Gasteiger partial charge in [-0.3, -0.25) is 9.48 Å². The summed E-state index contributed by atoms with van der Waals surface area (Å²) in [6.07, 6.45) is 4.73. The van der Waals surface area contributed by atoms with Crippen molar-refractivity contribution in [2.45, 2.75) is 20.4 Å². The van der Waals surface area contributed by atoms with Crippen molar-refractivity contribution in [3.8, 4) is 11.5 Å². The molecular weight excluding hydrogens is 294 g/mol. The number of fused-ring (bicyclic) bond motifs is 1. The van der Waals surface area contributed by atoms with Gasteiger partial charge in [-0.15, -0.1) is 0 Å². The number of carbonyl (C=O) groups is 1. The van der Waals surface area contributed by atoms with E-state index in [1.54, 1.807) is 17.1 Å². The zero-order chi connectivity index (χ0) is 16.2. The minimum atomic E-state index is -0.0766. The number of ether oxygens (including phenoxy) is 2. The Balaban J connectivity index is 1.66. The highest BCUT2D eigenvalue weighted by molar-refractivity contribution is 6.05. The highest BCUT2D eigenvalue weighted by atomic mass is 16.6. The molecule has 3 rings (SSSR count).